The Bertz CT molecular complexity index is 829. The Morgan fingerprint density at radius 3 is 2.14 bits per heavy atom. The molecule has 0 radical (unpaired) electrons. The van der Waals surface area contributed by atoms with Crippen molar-refractivity contribution in [2.24, 2.45) is 0 Å². The van der Waals surface area contributed by atoms with Gasteiger partial charge in [-0.25, -0.2) is 0 Å². The molecule has 0 N–H and O–H groups in total. The van der Waals surface area contributed by atoms with Crippen LogP contribution in [0.1, 0.15) is 10.4 Å². The smallest absolute Gasteiger partial charge is 0.254 e. The predicted octanol–water partition coefficient (Wildman–Crippen LogP) is 2.37. The molecule has 1 amide bonds. The minimum absolute atomic E-state index is 0.0158. The largest absolute Gasteiger partial charge is 0.490 e. The van der Waals surface area contributed by atoms with E-state index in [0.717, 1.165) is 17.7 Å². The van der Waals surface area contributed by atoms with Gasteiger partial charge in [0.15, 0.2) is 0 Å². The summed E-state index contributed by atoms with van der Waals surface area (Å²) in [4.78, 5) is 15.4. The number of rotatable bonds is 9. The van der Waals surface area contributed by atoms with E-state index in [4.69, 9.17) is 18.9 Å². The highest BCUT2D eigenvalue weighted by molar-refractivity contribution is 6.02. The molecular weight excluding hydrogens is 358 g/mol. The van der Waals surface area contributed by atoms with Gasteiger partial charge in [0, 0.05) is 18.7 Å². The van der Waals surface area contributed by atoms with Crippen LogP contribution in [0.2, 0.25) is 0 Å². The molecule has 5 rings (SSSR count). The van der Waals surface area contributed by atoms with E-state index in [1.807, 2.05) is 53.4 Å². The fourth-order valence-electron chi connectivity index (χ4n) is 3.33. The summed E-state index contributed by atoms with van der Waals surface area (Å²) in [5.74, 6) is 0.691. The van der Waals surface area contributed by atoms with Crippen molar-refractivity contribution in [1.29, 1.82) is 0 Å². The summed E-state index contributed by atoms with van der Waals surface area (Å²) in [6, 6.07) is 15.6. The van der Waals surface area contributed by atoms with Gasteiger partial charge in [0.05, 0.1) is 37.6 Å². The molecule has 0 aromatic heterocycles. The van der Waals surface area contributed by atoms with Gasteiger partial charge in [0.1, 0.15) is 18.5 Å². The van der Waals surface area contributed by atoms with Crippen LogP contribution < -0.4 is 4.74 Å². The molecule has 0 aliphatic carbocycles. The molecule has 0 saturated carbocycles. The number of carbonyl (C=O) groups is 1. The second kappa shape index (κ2) is 7.54. The topological polar surface area (TPSA) is 67.1 Å². The van der Waals surface area contributed by atoms with Crippen molar-refractivity contribution >= 4 is 5.91 Å². The Balaban J connectivity index is 1.48. The van der Waals surface area contributed by atoms with Crippen molar-refractivity contribution in [2.45, 2.75) is 18.3 Å². The lowest BCUT2D eigenvalue weighted by Crippen LogP contribution is -2.37. The standard InChI is InChI=1S/C22H23NO5/c24-22(23(9-16-11-25-16)10-17-12-26-17)19-7-4-8-20(28-14-18-13-27-18)21(19)15-5-2-1-3-6-15/h1-8,16-18H,9-14H2. The third-order valence-electron chi connectivity index (χ3n) is 5.09. The summed E-state index contributed by atoms with van der Waals surface area (Å²) in [5, 5.41) is 0. The van der Waals surface area contributed by atoms with Crippen molar-refractivity contribution in [3.05, 3.63) is 54.1 Å². The van der Waals surface area contributed by atoms with Crippen LogP contribution in [0.3, 0.4) is 0 Å². The maximum absolute atomic E-state index is 13.5. The highest BCUT2D eigenvalue weighted by Gasteiger charge is 2.34. The molecular formula is C22H23NO5. The van der Waals surface area contributed by atoms with Gasteiger partial charge in [-0.05, 0) is 17.7 Å². The first-order valence-electron chi connectivity index (χ1n) is 9.73. The number of amides is 1. The summed E-state index contributed by atoms with van der Waals surface area (Å²) in [6.07, 6.45) is 0.419. The number of hydrogen-bond acceptors (Lipinski definition) is 5. The van der Waals surface area contributed by atoms with Gasteiger partial charge in [-0.1, -0.05) is 36.4 Å². The highest BCUT2D eigenvalue weighted by Crippen LogP contribution is 2.35. The molecule has 6 nitrogen and oxygen atoms in total. The summed E-state index contributed by atoms with van der Waals surface area (Å²) >= 11 is 0. The number of benzene rings is 2. The summed E-state index contributed by atoms with van der Waals surface area (Å²) < 4.78 is 22.0. The lowest BCUT2D eigenvalue weighted by molar-refractivity contribution is 0.0729. The third kappa shape index (κ3) is 4.19. The van der Waals surface area contributed by atoms with Crippen LogP contribution >= 0.6 is 0 Å². The molecule has 3 aliphatic rings. The SMILES string of the molecule is O=C(c1cccc(OCC2CO2)c1-c1ccccc1)N(CC1CO1)CC1CO1. The Morgan fingerprint density at radius 2 is 1.54 bits per heavy atom. The first-order valence-corrected chi connectivity index (χ1v) is 9.73. The second-order valence-corrected chi connectivity index (χ2v) is 7.43. The zero-order valence-corrected chi connectivity index (χ0v) is 15.6. The van der Waals surface area contributed by atoms with Crippen molar-refractivity contribution in [3.8, 4) is 16.9 Å². The molecule has 3 saturated heterocycles. The van der Waals surface area contributed by atoms with E-state index in [-0.39, 0.29) is 24.2 Å². The number of carbonyl (C=O) groups excluding carboxylic acids is 1. The van der Waals surface area contributed by atoms with E-state index >= 15 is 0 Å². The first kappa shape index (κ1) is 17.7. The predicted molar refractivity (Wildman–Crippen MR) is 102 cm³/mol. The van der Waals surface area contributed by atoms with Gasteiger partial charge in [-0.3, -0.25) is 4.79 Å². The van der Waals surface area contributed by atoms with Gasteiger partial charge in [-0.2, -0.15) is 0 Å². The van der Waals surface area contributed by atoms with Gasteiger partial charge in [0.25, 0.3) is 5.91 Å². The Hall–Kier alpha value is -2.41. The summed E-state index contributed by atoms with van der Waals surface area (Å²) in [5.41, 5.74) is 2.43. The molecule has 3 fully saturated rings. The van der Waals surface area contributed by atoms with E-state index in [1.165, 1.54) is 0 Å². The second-order valence-electron chi connectivity index (χ2n) is 7.43. The molecule has 3 aliphatic heterocycles. The molecule has 3 atom stereocenters. The van der Waals surface area contributed by atoms with Crippen molar-refractivity contribution in [1.82, 2.24) is 4.90 Å². The van der Waals surface area contributed by atoms with Crippen LogP contribution in [-0.4, -0.2) is 68.6 Å². The third-order valence-corrected chi connectivity index (χ3v) is 5.09. The Morgan fingerprint density at radius 1 is 0.893 bits per heavy atom. The number of hydrogen-bond donors (Lipinski definition) is 0. The Kier molecular flexibility index (Phi) is 4.76. The fourth-order valence-corrected chi connectivity index (χ4v) is 3.33. The van der Waals surface area contributed by atoms with Gasteiger partial charge < -0.3 is 23.8 Å². The lowest BCUT2D eigenvalue weighted by atomic mass is 9.97. The zero-order valence-electron chi connectivity index (χ0n) is 15.6. The number of nitrogens with zero attached hydrogens (tertiary/aromatic N) is 1. The van der Waals surface area contributed by atoms with Crippen molar-refractivity contribution < 1.29 is 23.7 Å². The van der Waals surface area contributed by atoms with E-state index in [9.17, 15) is 4.79 Å². The number of ether oxygens (including phenoxy) is 4. The monoisotopic (exact) mass is 381 g/mol. The van der Waals surface area contributed by atoms with E-state index in [0.29, 0.717) is 44.2 Å². The fraction of sp³-hybridized carbons (Fsp3) is 0.409. The zero-order chi connectivity index (χ0) is 18.9. The minimum Gasteiger partial charge on any atom is -0.490 e. The quantitative estimate of drug-likeness (QED) is 0.624. The lowest BCUT2D eigenvalue weighted by Gasteiger charge is -2.23. The first-order chi connectivity index (χ1) is 13.8. The molecule has 3 unspecified atom stereocenters. The molecule has 2 aromatic carbocycles. The van der Waals surface area contributed by atoms with E-state index in [1.54, 1.807) is 0 Å². The average Bonchev–Trinajstić information content (AvgIpc) is 3.56. The van der Waals surface area contributed by atoms with Crippen LogP contribution in [0.15, 0.2) is 48.5 Å². The Labute approximate surface area is 163 Å². The van der Waals surface area contributed by atoms with E-state index < -0.39 is 0 Å². The molecule has 0 spiro atoms. The average molecular weight is 381 g/mol. The molecule has 0 bridgehead atoms. The van der Waals surface area contributed by atoms with Crippen LogP contribution in [0.25, 0.3) is 11.1 Å². The maximum Gasteiger partial charge on any atom is 0.254 e. The maximum atomic E-state index is 13.5. The van der Waals surface area contributed by atoms with Crippen LogP contribution in [-0.2, 0) is 14.2 Å². The molecule has 146 valence electrons. The molecule has 2 aromatic rings. The van der Waals surface area contributed by atoms with E-state index in [2.05, 4.69) is 0 Å². The van der Waals surface area contributed by atoms with Crippen LogP contribution in [0.5, 0.6) is 5.75 Å². The molecule has 28 heavy (non-hydrogen) atoms. The summed E-state index contributed by atoms with van der Waals surface area (Å²) in [6.45, 7) is 3.83. The van der Waals surface area contributed by atoms with Crippen LogP contribution in [0.4, 0.5) is 0 Å². The number of epoxide rings is 3. The van der Waals surface area contributed by atoms with Gasteiger partial charge in [0.2, 0.25) is 0 Å². The summed E-state index contributed by atoms with van der Waals surface area (Å²) in [7, 11) is 0. The normalized spacial score (nSPS) is 24.5. The van der Waals surface area contributed by atoms with Crippen molar-refractivity contribution in [2.75, 3.05) is 39.5 Å². The minimum atomic E-state index is -0.0158. The van der Waals surface area contributed by atoms with Gasteiger partial charge in [-0.15, -0.1) is 0 Å². The van der Waals surface area contributed by atoms with Gasteiger partial charge >= 0.3 is 0 Å². The molecule has 3 heterocycles. The molecule has 6 heteroatoms. The van der Waals surface area contributed by atoms with Crippen molar-refractivity contribution in [3.63, 3.8) is 0 Å². The van der Waals surface area contributed by atoms with Crippen LogP contribution in [0, 0.1) is 0 Å². The highest BCUT2D eigenvalue weighted by atomic mass is 16.6.